The van der Waals surface area contributed by atoms with Crippen molar-refractivity contribution in [2.24, 2.45) is 17.3 Å². The van der Waals surface area contributed by atoms with Gasteiger partial charge in [0, 0.05) is 39.5 Å². The van der Waals surface area contributed by atoms with Crippen molar-refractivity contribution in [1.82, 2.24) is 15.1 Å². The molecule has 0 aromatic carbocycles. The number of aryl methyl sites for hydroxylation is 2. The summed E-state index contributed by atoms with van der Waals surface area (Å²) in [4.78, 5) is 12.7. The summed E-state index contributed by atoms with van der Waals surface area (Å²) in [6.45, 7) is 3.46. The second-order valence-corrected chi connectivity index (χ2v) is 7.08. The van der Waals surface area contributed by atoms with Gasteiger partial charge in [0.25, 0.3) is 5.91 Å². The molecule has 1 atom stereocenters. The van der Waals surface area contributed by atoms with Crippen molar-refractivity contribution in [3.8, 4) is 18.2 Å². The minimum Gasteiger partial charge on any atom is -0.475 e. The van der Waals surface area contributed by atoms with Crippen LogP contribution in [0.1, 0.15) is 54.6 Å². The summed E-state index contributed by atoms with van der Waals surface area (Å²) in [6.07, 6.45) is 10.6. The van der Waals surface area contributed by atoms with E-state index >= 15 is 0 Å². The maximum absolute atomic E-state index is 12.7. The van der Waals surface area contributed by atoms with E-state index < -0.39 is 5.66 Å². The first-order chi connectivity index (χ1) is 13.0. The van der Waals surface area contributed by atoms with Crippen molar-refractivity contribution >= 4 is 5.91 Å². The summed E-state index contributed by atoms with van der Waals surface area (Å²) < 4.78 is 13.2. The van der Waals surface area contributed by atoms with Crippen LogP contribution in [0.3, 0.4) is 0 Å². The Morgan fingerprint density at radius 3 is 2.93 bits per heavy atom. The number of hydrogen-bond acceptors (Lipinski definition) is 6. The van der Waals surface area contributed by atoms with Crippen molar-refractivity contribution < 1.29 is 14.3 Å². The number of carbonyl (C=O) groups is 1. The van der Waals surface area contributed by atoms with Gasteiger partial charge in [-0.15, -0.1) is 12.3 Å². The molecule has 1 saturated heterocycles. The van der Waals surface area contributed by atoms with Gasteiger partial charge in [0.2, 0.25) is 5.88 Å². The molecule has 3 rings (SSSR count). The minimum absolute atomic E-state index is 0.0685. The van der Waals surface area contributed by atoms with Crippen LogP contribution in [0.2, 0.25) is 0 Å². The van der Waals surface area contributed by atoms with E-state index in [1.165, 1.54) is 0 Å². The lowest BCUT2D eigenvalue weighted by Crippen LogP contribution is -2.30. The monoisotopic (exact) mass is 373 g/mol. The third kappa shape index (κ3) is 4.86. The van der Waals surface area contributed by atoms with Gasteiger partial charge in [-0.1, -0.05) is 0 Å². The van der Waals surface area contributed by atoms with Crippen LogP contribution in [-0.2, 0) is 11.8 Å². The Kier molecular flexibility index (Phi) is 6.11. The standard InChI is InChI=1S/C19H27N5O3/c1-4-5-9-19(22-23-19)10-11-20-17(25)16-14(2)21-24(3)18(16)27-13-15-8-6-7-12-26-15/h1,15H,5-13H2,2-3H3,(H,20,25). The molecule has 8 nitrogen and oxygen atoms in total. The number of ether oxygens (including phenoxy) is 2. The second kappa shape index (κ2) is 8.53. The molecule has 0 bridgehead atoms. The highest BCUT2D eigenvalue weighted by Gasteiger charge is 2.38. The Hall–Kier alpha value is -2.40. The van der Waals surface area contributed by atoms with E-state index in [2.05, 4.69) is 26.6 Å². The zero-order chi connectivity index (χ0) is 19.3. The normalized spacial score (nSPS) is 20.1. The van der Waals surface area contributed by atoms with Crippen LogP contribution in [0.4, 0.5) is 0 Å². The molecule has 27 heavy (non-hydrogen) atoms. The molecule has 0 radical (unpaired) electrons. The van der Waals surface area contributed by atoms with E-state index in [1.807, 2.05) is 0 Å². The molecule has 2 aliphatic rings. The highest BCUT2D eigenvalue weighted by molar-refractivity contribution is 5.97. The molecule has 0 spiro atoms. The molecule has 1 amide bonds. The van der Waals surface area contributed by atoms with Crippen LogP contribution in [0.5, 0.6) is 5.88 Å². The summed E-state index contributed by atoms with van der Waals surface area (Å²) in [5.74, 6) is 2.88. The van der Waals surface area contributed by atoms with E-state index in [4.69, 9.17) is 15.9 Å². The largest absolute Gasteiger partial charge is 0.475 e. The van der Waals surface area contributed by atoms with E-state index in [9.17, 15) is 4.79 Å². The van der Waals surface area contributed by atoms with E-state index in [0.717, 1.165) is 32.3 Å². The third-order valence-electron chi connectivity index (χ3n) is 4.94. The predicted molar refractivity (Wildman–Crippen MR) is 99.6 cm³/mol. The van der Waals surface area contributed by atoms with Gasteiger partial charge in [0.1, 0.15) is 12.2 Å². The van der Waals surface area contributed by atoms with Gasteiger partial charge < -0.3 is 14.8 Å². The van der Waals surface area contributed by atoms with Gasteiger partial charge in [-0.3, -0.25) is 4.79 Å². The van der Waals surface area contributed by atoms with Crippen molar-refractivity contribution in [2.45, 2.75) is 57.2 Å². The molecule has 1 unspecified atom stereocenters. The highest BCUT2D eigenvalue weighted by atomic mass is 16.5. The van der Waals surface area contributed by atoms with Crippen LogP contribution in [0.25, 0.3) is 0 Å². The summed E-state index contributed by atoms with van der Waals surface area (Å²) >= 11 is 0. The molecule has 2 aliphatic heterocycles. The molecular formula is C19H27N5O3. The molecule has 3 heterocycles. The zero-order valence-electron chi connectivity index (χ0n) is 16.0. The molecule has 0 aliphatic carbocycles. The van der Waals surface area contributed by atoms with Crippen LogP contribution in [-0.4, -0.2) is 47.2 Å². The van der Waals surface area contributed by atoms with Crippen LogP contribution < -0.4 is 10.1 Å². The van der Waals surface area contributed by atoms with Gasteiger partial charge in [0.05, 0.1) is 11.8 Å². The average Bonchev–Trinajstić information content (AvgIpc) is 3.37. The van der Waals surface area contributed by atoms with Gasteiger partial charge in [-0.2, -0.15) is 15.3 Å². The maximum Gasteiger partial charge on any atom is 0.258 e. The van der Waals surface area contributed by atoms with E-state index in [0.29, 0.717) is 43.1 Å². The van der Waals surface area contributed by atoms with Gasteiger partial charge in [0.15, 0.2) is 5.66 Å². The van der Waals surface area contributed by atoms with Crippen molar-refractivity contribution in [2.75, 3.05) is 19.8 Å². The quantitative estimate of drug-likeness (QED) is 0.673. The van der Waals surface area contributed by atoms with E-state index in [1.54, 1.807) is 18.7 Å². The molecule has 146 valence electrons. The van der Waals surface area contributed by atoms with Gasteiger partial charge in [-0.05, 0) is 26.2 Å². The first-order valence-electron chi connectivity index (χ1n) is 9.48. The number of hydrogen-bond donors (Lipinski definition) is 1. The fraction of sp³-hybridized carbons (Fsp3) is 0.684. The Balaban J connectivity index is 1.55. The molecule has 1 aromatic heterocycles. The fourth-order valence-corrected chi connectivity index (χ4v) is 3.31. The fourth-order valence-electron chi connectivity index (χ4n) is 3.31. The molecule has 1 N–H and O–H groups in total. The summed E-state index contributed by atoms with van der Waals surface area (Å²) in [5.41, 5.74) is 0.703. The topological polar surface area (TPSA) is 90.1 Å². The summed E-state index contributed by atoms with van der Waals surface area (Å²) in [5, 5.41) is 15.4. The third-order valence-corrected chi connectivity index (χ3v) is 4.94. The number of rotatable bonds is 9. The Morgan fingerprint density at radius 2 is 2.26 bits per heavy atom. The Labute approximate surface area is 159 Å². The van der Waals surface area contributed by atoms with Gasteiger partial charge in [-0.25, -0.2) is 4.68 Å². The first kappa shape index (κ1) is 19.4. The average molecular weight is 373 g/mol. The first-order valence-corrected chi connectivity index (χ1v) is 9.48. The zero-order valence-corrected chi connectivity index (χ0v) is 16.0. The van der Waals surface area contributed by atoms with Crippen molar-refractivity contribution in [1.29, 1.82) is 0 Å². The highest BCUT2D eigenvalue weighted by Crippen LogP contribution is 2.36. The molecule has 0 saturated carbocycles. The Bertz CT molecular complexity index is 737. The number of terminal acetylenes is 1. The van der Waals surface area contributed by atoms with Crippen molar-refractivity contribution in [3.63, 3.8) is 0 Å². The minimum atomic E-state index is -0.402. The van der Waals surface area contributed by atoms with Gasteiger partial charge >= 0.3 is 0 Å². The van der Waals surface area contributed by atoms with Crippen LogP contribution >= 0.6 is 0 Å². The van der Waals surface area contributed by atoms with Crippen LogP contribution in [0, 0.1) is 19.3 Å². The number of amides is 1. The SMILES string of the molecule is C#CCCC1(CCNC(=O)c2c(C)nn(C)c2OCC2CCCCO2)N=N1. The predicted octanol–water partition coefficient (Wildman–Crippen LogP) is 2.37. The molecule has 1 fully saturated rings. The van der Waals surface area contributed by atoms with Crippen LogP contribution in [0.15, 0.2) is 10.2 Å². The molecule has 8 heteroatoms. The second-order valence-electron chi connectivity index (χ2n) is 7.08. The number of aromatic nitrogens is 2. The summed E-state index contributed by atoms with van der Waals surface area (Å²) in [7, 11) is 1.78. The maximum atomic E-state index is 12.7. The lowest BCUT2D eigenvalue weighted by molar-refractivity contribution is -0.0128. The number of nitrogens with one attached hydrogen (secondary N) is 1. The molecular weight excluding hydrogens is 346 g/mol. The lowest BCUT2D eigenvalue weighted by atomic mass is 10.0. The smallest absolute Gasteiger partial charge is 0.258 e. The summed E-state index contributed by atoms with van der Waals surface area (Å²) in [6, 6.07) is 0. The molecule has 1 aromatic rings. The number of nitrogens with zero attached hydrogens (tertiary/aromatic N) is 4. The van der Waals surface area contributed by atoms with Crippen molar-refractivity contribution in [3.05, 3.63) is 11.3 Å². The lowest BCUT2D eigenvalue weighted by Gasteiger charge is -2.22. The Morgan fingerprint density at radius 1 is 1.44 bits per heavy atom. The van der Waals surface area contributed by atoms with E-state index in [-0.39, 0.29) is 12.0 Å². The number of carbonyl (C=O) groups excluding carboxylic acids is 1.